The van der Waals surface area contributed by atoms with Crippen molar-refractivity contribution in [1.82, 2.24) is 24.7 Å². The van der Waals surface area contributed by atoms with Gasteiger partial charge < -0.3 is 5.73 Å². The van der Waals surface area contributed by atoms with Crippen molar-refractivity contribution in [1.29, 1.82) is 0 Å². The van der Waals surface area contributed by atoms with Crippen molar-refractivity contribution >= 4 is 44.9 Å². The lowest BCUT2D eigenvalue weighted by Gasteiger charge is -2.27. The molecule has 0 unspecified atom stereocenters. The Morgan fingerprint density at radius 3 is 2.79 bits per heavy atom. The molecule has 0 amide bonds. The summed E-state index contributed by atoms with van der Waals surface area (Å²) in [4.78, 5) is 14.9. The van der Waals surface area contributed by atoms with Crippen molar-refractivity contribution in [3.05, 3.63) is 59.3 Å². The first-order valence-electron chi connectivity index (χ1n) is 11.2. The van der Waals surface area contributed by atoms with Gasteiger partial charge in [0, 0.05) is 17.1 Å². The lowest BCUT2D eigenvalue weighted by atomic mass is 9.86. The van der Waals surface area contributed by atoms with Crippen LogP contribution in [-0.2, 0) is 0 Å². The summed E-state index contributed by atoms with van der Waals surface area (Å²) in [5.41, 5.74) is 10.3. The fourth-order valence-corrected chi connectivity index (χ4v) is 5.80. The number of halogens is 1. The fraction of sp³-hybridized carbons (Fsp3) is 0.280. The molecule has 0 saturated heterocycles. The molecule has 1 saturated carbocycles. The lowest BCUT2D eigenvalue weighted by molar-refractivity contribution is 0.269. The zero-order valence-corrected chi connectivity index (χ0v) is 19.6. The Balaban J connectivity index is 1.47. The molecule has 4 heterocycles. The SMILES string of the molecule is NCC1CCC(n2nc(-c3cc4nc(-c5cccs5)ccc4cc3Cl)c3cncnc32)CC1. The quantitative estimate of drug-likeness (QED) is 0.339. The molecule has 6 nitrogen and oxygen atoms in total. The van der Waals surface area contributed by atoms with Gasteiger partial charge in [-0.1, -0.05) is 23.7 Å². The minimum Gasteiger partial charge on any atom is -0.330 e. The average molecular weight is 475 g/mol. The van der Waals surface area contributed by atoms with Crippen molar-refractivity contribution in [2.45, 2.75) is 31.7 Å². The van der Waals surface area contributed by atoms with Gasteiger partial charge in [0.15, 0.2) is 5.65 Å². The molecule has 6 rings (SSSR count). The van der Waals surface area contributed by atoms with E-state index >= 15 is 0 Å². The summed E-state index contributed by atoms with van der Waals surface area (Å²) in [5, 5.41) is 9.67. The van der Waals surface area contributed by atoms with Gasteiger partial charge in [0.25, 0.3) is 0 Å². The summed E-state index contributed by atoms with van der Waals surface area (Å²) in [5.74, 6) is 0.607. The average Bonchev–Trinajstić information content (AvgIpc) is 3.52. The molecule has 166 valence electrons. The van der Waals surface area contributed by atoms with E-state index in [4.69, 9.17) is 27.4 Å². The van der Waals surface area contributed by atoms with Crippen molar-refractivity contribution in [3.8, 4) is 21.8 Å². The van der Waals surface area contributed by atoms with Gasteiger partial charge in [-0.25, -0.2) is 19.6 Å². The normalized spacial score (nSPS) is 18.8. The van der Waals surface area contributed by atoms with Crippen LogP contribution in [0.4, 0.5) is 0 Å². The fourth-order valence-electron chi connectivity index (χ4n) is 4.85. The number of pyridine rings is 1. The van der Waals surface area contributed by atoms with E-state index in [1.54, 1.807) is 17.7 Å². The Labute approximate surface area is 200 Å². The Kier molecular flexibility index (Phi) is 5.32. The Morgan fingerprint density at radius 2 is 2.00 bits per heavy atom. The van der Waals surface area contributed by atoms with Gasteiger partial charge in [-0.3, -0.25) is 0 Å². The monoisotopic (exact) mass is 474 g/mol. The maximum Gasteiger partial charge on any atom is 0.162 e. The van der Waals surface area contributed by atoms with E-state index in [0.29, 0.717) is 17.0 Å². The predicted molar refractivity (Wildman–Crippen MR) is 134 cm³/mol. The van der Waals surface area contributed by atoms with Crippen LogP contribution in [-0.4, -0.2) is 31.3 Å². The van der Waals surface area contributed by atoms with Crippen LogP contribution in [0.3, 0.4) is 0 Å². The number of benzene rings is 1. The lowest BCUT2D eigenvalue weighted by Crippen LogP contribution is -2.24. The van der Waals surface area contributed by atoms with Gasteiger partial charge in [0.2, 0.25) is 0 Å². The van der Waals surface area contributed by atoms with Crippen LogP contribution in [0.2, 0.25) is 5.02 Å². The highest BCUT2D eigenvalue weighted by Gasteiger charge is 2.26. The first-order chi connectivity index (χ1) is 16.2. The number of hydrogen-bond acceptors (Lipinski definition) is 6. The molecule has 1 aliphatic carbocycles. The van der Waals surface area contributed by atoms with E-state index in [2.05, 4.69) is 32.2 Å². The van der Waals surface area contributed by atoms with Crippen LogP contribution in [0.5, 0.6) is 0 Å². The molecule has 4 aromatic heterocycles. The maximum atomic E-state index is 6.78. The largest absolute Gasteiger partial charge is 0.330 e. The van der Waals surface area contributed by atoms with Gasteiger partial charge in [0.1, 0.15) is 12.0 Å². The number of thiophene rings is 1. The van der Waals surface area contributed by atoms with Crippen LogP contribution >= 0.6 is 22.9 Å². The van der Waals surface area contributed by atoms with Crippen LogP contribution in [0, 0.1) is 5.92 Å². The molecule has 0 bridgehead atoms. The van der Waals surface area contributed by atoms with Crippen molar-refractivity contribution < 1.29 is 0 Å². The summed E-state index contributed by atoms with van der Waals surface area (Å²) >= 11 is 8.46. The van der Waals surface area contributed by atoms with E-state index in [0.717, 1.165) is 76.0 Å². The number of aromatic nitrogens is 5. The molecule has 33 heavy (non-hydrogen) atoms. The Bertz CT molecular complexity index is 1440. The van der Waals surface area contributed by atoms with Crippen molar-refractivity contribution in [2.75, 3.05) is 6.54 Å². The summed E-state index contributed by atoms with van der Waals surface area (Å²) < 4.78 is 2.08. The molecule has 2 N–H and O–H groups in total. The Morgan fingerprint density at radius 1 is 1.12 bits per heavy atom. The highest BCUT2D eigenvalue weighted by Crippen LogP contribution is 2.39. The molecule has 0 aliphatic heterocycles. The van der Waals surface area contributed by atoms with E-state index in [-0.39, 0.29) is 0 Å². The number of nitrogens with two attached hydrogens (primary N) is 1. The summed E-state index contributed by atoms with van der Waals surface area (Å²) in [6.07, 6.45) is 7.78. The highest BCUT2D eigenvalue weighted by molar-refractivity contribution is 7.13. The van der Waals surface area contributed by atoms with Gasteiger partial charge >= 0.3 is 0 Å². The number of hydrogen-bond donors (Lipinski definition) is 1. The number of nitrogens with zero attached hydrogens (tertiary/aromatic N) is 5. The molecule has 1 aliphatic rings. The summed E-state index contributed by atoms with van der Waals surface area (Å²) in [6.45, 7) is 0.757. The zero-order valence-electron chi connectivity index (χ0n) is 18.0. The Hall–Kier alpha value is -2.87. The van der Waals surface area contributed by atoms with Crippen molar-refractivity contribution in [2.24, 2.45) is 11.7 Å². The third kappa shape index (κ3) is 3.70. The van der Waals surface area contributed by atoms with E-state index in [9.17, 15) is 0 Å². The van der Waals surface area contributed by atoms with E-state index < -0.39 is 0 Å². The molecule has 5 aromatic rings. The second-order valence-electron chi connectivity index (χ2n) is 8.66. The third-order valence-electron chi connectivity index (χ3n) is 6.67. The van der Waals surface area contributed by atoms with Crippen LogP contribution in [0.15, 0.2) is 54.3 Å². The molecule has 8 heteroatoms. The first kappa shape index (κ1) is 20.7. The van der Waals surface area contributed by atoms with Crippen LogP contribution < -0.4 is 5.73 Å². The van der Waals surface area contributed by atoms with E-state index in [1.165, 1.54) is 0 Å². The van der Waals surface area contributed by atoms with Gasteiger partial charge in [-0.2, -0.15) is 5.10 Å². The van der Waals surface area contributed by atoms with Gasteiger partial charge in [-0.05, 0) is 67.8 Å². The molecule has 1 aromatic carbocycles. The minimum absolute atomic E-state index is 0.307. The smallest absolute Gasteiger partial charge is 0.162 e. The molecular formula is C25H23ClN6S. The van der Waals surface area contributed by atoms with Crippen molar-refractivity contribution in [3.63, 3.8) is 0 Å². The second-order valence-corrected chi connectivity index (χ2v) is 10.0. The predicted octanol–water partition coefficient (Wildman–Crippen LogP) is 6.11. The van der Waals surface area contributed by atoms with E-state index in [1.807, 2.05) is 30.5 Å². The highest BCUT2D eigenvalue weighted by atomic mass is 35.5. The van der Waals surface area contributed by atoms with Crippen LogP contribution in [0.25, 0.3) is 43.8 Å². The topological polar surface area (TPSA) is 82.5 Å². The minimum atomic E-state index is 0.307. The molecule has 0 atom stereocenters. The number of rotatable bonds is 4. The van der Waals surface area contributed by atoms with Gasteiger partial charge in [0.05, 0.1) is 32.5 Å². The molecule has 0 radical (unpaired) electrons. The third-order valence-corrected chi connectivity index (χ3v) is 7.88. The standard InChI is InChI=1S/C25H23ClN6S/c26-20-10-16-5-8-21(23-2-1-9-33-23)30-22(16)11-18(20)24-19-13-28-14-29-25(19)32(31-24)17-6-3-15(12-27)4-7-17/h1-2,5,8-11,13-15,17H,3-4,6-7,12,27H2. The molecule has 1 fully saturated rings. The number of fused-ring (bicyclic) bond motifs is 2. The zero-order chi connectivity index (χ0) is 22.4. The van der Waals surface area contributed by atoms with Crippen LogP contribution in [0.1, 0.15) is 31.7 Å². The maximum absolute atomic E-state index is 6.78. The second kappa shape index (κ2) is 8.48. The molecular weight excluding hydrogens is 452 g/mol. The molecule has 0 spiro atoms. The first-order valence-corrected chi connectivity index (χ1v) is 12.5. The van der Waals surface area contributed by atoms with Gasteiger partial charge in [-0.15, -0.1) is 11.3 Å². The summed E-state index contributed by atoms with van der Waals surface area (Å²) in [6, 6.07) is 12.6. The summed E-state index contributed by atoms with van der Waals surface area (Å²) in [7, 11) is 0.